The Kier molecular flexibility index (Phi) is 4.02. The van der Waals surface area contributed by atoms with E-state index in [4.69, 9.17) is 9.94 Å². The van der Waals surface area contributed by atoms with Crippen molar-refractivity contribution in [3.8, 4) is 5.75 Å². The van der Waals surface area contributed by atoms with Crippen molar-refractivity contribution in [2.45, 2.75) is 39.0 Å². The van der Waals surface area contributed by atoms with Crippen LogP contribution in [0.4, 0.5) is 0 Å². The Hall–Kier alpha value is -1.51. The molecule has 0 unspecified atom stereocenters. The smallest absolute Gasteiger partial charge is 0.119 e. The molecular formula is C14H19NO2. The van der Waals surface area contributed by atoms with Crippen LogP contribution in [0, 0.1) is 0 Å². The molecule has 0 aliphatic heterocycles. The summed E-state index contributed by atoms with van der Waals surface area (Å²) in [6.07, 6.45) is 5.30. The maximum Gasteiger partial charge on any atom is 0.119 e. The van der Waals surface area contributed by atoms with Gasteiger partial charge in [0.25, 0.3) is 0 Å². The second-order valence-corrected chi connectivity index (χ2v) is 4.42. The molecule has 0 aromatic heterocycles. The highest BCUT2D eigenvalue weighted by atomic mass is 16.5. The largest absolute Gasteiger partial charge is 0.494 e. The van der Waals surface area contributed by atoms with E-state index < -0.39 is 0 Å². The molecule has 17 heavy (non-hydrogen) atoms. The summed E-state index contributed by atoms with van der Waals surface area (Å²) in [6, 6.07) is 6.02. The van der Waals surface area contributed by atoms with Gasteiger partial charge in [0.2, 0.25) is 0 Å². The van der Waals surface area contributed by atoms with E-state index in [0.29, 0.717) is 0 Å². The summed E-state index contributed by atoms with van der Waals surface area (Å²) in [5, 5.41) is 12.2. The minimum absolute atomic E-state index is 0.785. The van der Waals surface area contributed by atoms with Crippen LogP contribution in [0.25, 0.3) is 0 Å². The summed E-state index contributed by atoms with van der Waals surface area (Å²) in [6.45, 7) is 2.97. The number of ether oxygens (including phenoxy) is 1. The van der Waals surface area contributed by atoms with Gasteiger partial charge in [0, 0.05) is 5.56 Å². The molecule has 0 atom stereocenters. The Bertz CT molecular complexity index is 413. The molecule has 1 aromatic carbocycles. The van der Waals surface area contributed by atoms with Crippen LogP contribution >= 0.6 is 0 Å². The minimum atomic E-state index is 0.785. The van der Waals surface area contributed by atoms with Crippen LogP contribution in [-0.2, 0) is 6.42 Å². The third-order valence-corrected chi connectivity index (χ3v) is 3.16. The number of nitrogens with zero attached hydrogens (tertiary/aromatic N) is 1. The van der Waals surface area contributed by atoms with Crippen molar-refractivity contribution in [3.63, 3.8) is 0 Å². The summed E-state index contributed by atoms with van der Waals surface area (Å²) < 4.78 is 5.70. The molecule has 0 saturated heterocycles. The van der Waals surface area contributed by atoms with E-state index in [1.54, 1.807) is 0 Å². The molecule has 3 heteroatoms. The van der Waals surface area contributed by atoms with Gasteiger partial charge < -0.3 is 9.94 Å². The first-order valence-corrected chi connectivity index (χ1v) is 6.32. The van der Waals surface area contributed by atoms with Gasteiger partial charge in [-0.05, 0) is 43.0 Å². The van der Waals surface area contributed by atoms with Crippen LogP contribution in [0.2, 0.25) is 0 Å². The Morgan fingerprint density at radius 2 is 2.18 bits per heavy atom. The Morgan fingerprint density at radius 3 is 2.94 bits per heavy atom. The van der Waals surface area contributed by atoms with Crippen LogP contribution < -0.4 is 4.74 Å². The molecule has 2 rings (SSSR count). The zero-order valence-electron chi connectivity index (χ0n) is 10.3. The van der Waals surface area contributed by atoms with Gasteiger partial charge in [-0.25, -0.2) is 0 Å². The summed E-state index contributed by atoms with van der Waals surface area (Å²) >= 11 is 0. The van der Waals surface area contributed by atoms with Crippen LogP contribution in [-0.4, -0.2) is 17.5 Å². The van der Waals surface area contributed by atoms with E-state index in [1.165, 1.54) is 18.4 Å². The number of rotatable bonds is 5. The predicted octanol–water partition coefficient (Wildman–Crippen LogP) is 3.38. The molecule has 1 aliphatic carbocycles. The third-order valence-electron chi connectivity index (χ3n) is 3.16. The second kappa shape index (κ2) is 5.71. The van der Waals surface area contributed by atoms with E-state index in [0.717, 1.165) is 42.9 Å². The highest BCUT2D eigenvalue weighted by molar-refractivity contribution is 6.04. The Morgan fingerprint density at radius 1 is 1.29 bits per heavy atom. The first-order valence-electron chi connectivity index (χ1n) is 6.32. The summed E-state index contributed by atoms with van der Waals surface area (Å²) in [7, 11) is 0. The SMILES string of the molecule is CCCCCOc1ccc2c(c1)CC/C2=N\O. The van der Waals surface area contributed by atoms with Crippen LogP contribution in [0.1, 0.15) is 43.7 Å². The van der Waals surface area contributed by atoms with Crippen LogP contribution in [0.15, 0.2) is 23.4 Å². The molecule has 0 amide bonds. The normalized spacial score (nSPS) is 16.2. The average molecular weight is 233 g/mol. The number of hydrogen-bond acceptors (Lipinski definition) is 3. The van der Waals surface area contributed by atoms with Gasteiger partial charge in [0.05, 0.1) is 12.3 Å². The lowest BCUT2D eigenvalue weighted by molar-refractivity contribution is 0.306. The Labute approximate surface area is 102 Å². The van der Waals surface area contributed by atoms with Gasteiger partial charge in [-0.15, -0.1) is 0 Å². The highest BCUT2D eigenvalue weighted by Gasteiger charge is 2.18. The van der Waals surface area contributed by atoms with Crippen molar-refractivity contribution in [3.05, 3.63) is 29.3 Å². The van der Waals surface area contributed by atoms with Crippen LogP contribution in [0.5, 0.6) is 5.75 Å². The molecular weight excluding hydrogens is 214 g/mol. The third kappa shape index (κ3) is 2.78. The Balaban J connectivity index is 1.98. The quantitative estimate of drug-likeness (QED) is 0.481. The van der Waals surface area contributed by atoms with E-state index >= 15 is 0 Å². The van der Waals surface area contributed by atoms with Crippen LogP contribution in [0.3, 0.4) is 0 Å². The fourth-order valence-corrected chi connectivity index (χ4v) is 2.18. The molecule has 92 valence electrons. The second-order valence-electron chi connectivity index (χ2n) is 4.42. The van der Waals surface area contributed by atoms with Crippen molar-refractivity contribution < 1.29 is 9.94 Å². The lowest BCUT2D eigenvalue weighted by Gasteiger charge is -2.07. The van der Waals surface area contributed by atoms with Gasteiger partial charge in [-0.2, -0.15) is 0 Å². The maximum atomic E-state index is 8.84. The van der Waals surface area contributed by atoms with E-state index in [9.17, 15) is 0 Å². The average Bonchev–Trinajstić information content (AvgIpc) is 2.77. The maximum absolute atomic E-state index is 8.84. The van der Waals surface area contributed by atoms with Gasteiger partial charge in [-0.3, -0.25) is 0 Å². The van der Waals surface area contributed by atoms with Gasteiger partial charge in [0.1, 0.15) is 5.75 Å². The molecule has 0 spiro atoms. The van der Waals surface area contributed by atoms with Crippen molar-refractivity contribution in [1.29, 1.82) is 0 Å². The molecule has 3 nitrogen and oxygen atoms in total. The zero-order chi connectivity index (χ0) is 12.1. The van der Waals surface area contributed by atoms with Gasteiger partial charge in [0.15, 0.2) is 0 Å². The molecule has 1 aliphatic rings. The van der Waals surface area contributed by atoms with Gasteiger partial charge >= 0.3 is 0 Å². The minimum Gasteiger partial charge on any atom is -0.494 e. The molecule has 1 aromatic rings. The number of aryl methyl sites for hydroxylation is 1. The lowest BCUT2D eigenvalue weighted by atomic mass is 10.1. The topological polar surface area (TPSA) is 41.8 Å². The molecule has 0 heterocycles. The summed E-state index contributed by atoms with van der Waals surface area (Å²) in [4.78, 5) is 0. The van der Waals surface area contributed by atoms with E-state index in [2.05, 4.69) is 18.1 Å². The lowest BCUT2D eigenvalue weighted by Crippen LogP contribution is -1.98. The summed E-state index contributed by atoms with van der Waals surface area (Å²) in [5.74, 6) is 0.930. The first kappa shape index (κ1) is 12.0. The highest BCUT2D eigenvalue weighted by Crippen LogP contribution is 2.26. The van der Waals surface area contributed by atoms with Crippen molar-refractivity contribution >= 4 is 5.71 Å². The zero-order valence-corrected chi connectivity index (χ0v) is 10.3. The molecule has 0 saturated carbocycles. The molecule has 0 fully saturated rings. The van der Waals surface area contributed by atoms with Crippen molar-refractivity contribution in [1.82, 2.24) is 0 Å². The molecule has 0 bridgehead atoms. The standard InChI is InChI=1S/C14H19NO2/c1-2-3-4-9-17-12-6-7-13-11(10-12)5-8-14(13)15-16/h6-7,10,16H,2-5,8-9H2,1H3/b15-14+. The van der Waals surface area contributed by atoms with Gasteiger partial charge in [-0.1, -0.05) is 24.9 Å². The monoisotopic (exact) mass is 233 g/mol. The fraction of sp³-hybridized carbons (Fsp3) is 0.500. The molecule has 1 N–H and O–H groups in total. The number of benzene rings is 1. The summed E-state index contributed by atoms with van der Waals surface area (Å²) in [5.41, 5.74) is 3.08. The van der Waals surface area contributed by atoms with Crippen molar-refractivity contribution in [2.24, 2.45) is 5.16 Å². The number of hydrogen-bond donors (Lipinski definition) is 1. The van der Waals surface area contributed by atoms with E-state index in [1.807, 2.05) is 12.1 Å². The fourth-order valence-electron chi connectivity index (χ4n) is 2.18. The number of oxime groups is 1. The number of unbranched alkanes of at least 4 members (excludes halogenated alkanes) is 2. The number of fused-ring (bicyclic) bond motifs is 1. The van der Waals surface area contributed by atoms with Crippen molar-refractivity contribution in [2.75, 3.05) is 6.61 Å². The predicted molar refractivity (Wildman–Crippen MR) is 68.1 cm³/mol. The first-order chi connectivity index (χ1) is 8.35. The van der Waals surface area contributed by atoms with E-state index in [-0.39, 0.29) is 0 Å². The molecule has 0 radical (unpaired) electrons.